The number of para-hydroxylation sites is 1. The van der Waals surface area contributed by atoms with Gasteiger partial charge in [0.2, 0.25) is 5.91 Å². The molecule has 0 fully saturated rings. The minimum Gasteiger partial charge on any atom is -0.464 e. The molecule has 3 aromatic carbocycles. The fourth-order valence-corrected chi connectivity index (χ4v) is 5.37. The van der Waals surface area contributed by atoms with Crippen molar-refractivity contribution < 1.29 is 17.6 Å². The molecule has 0 spiro atoms. The number of hydrogen-bond donors (Lipinski definition) is 1. The predicted octanol–water partition coefficient (Wildman–Crippen LogP) is 5.95. The van der Waals surface area contributed by atoms with E-state index >= 15 is 0 Å². The summed E-state index contributed by atoms with van der Waals surface area (Å²) in [6.07, 6.45) is 1.78. The Labute approximate surface area is 200 Å². The molecule has 6 nitrogen and oxygen atoms in total. The number of nitrogens with zero attached hydrogens (tertiary/aromatic N) is 1. The molecule has 0 unspecified atom stereocenters. The number of benzene rings is 3. The van der Waals surface area contributed by atoms with Gasteiger partial charge < -0.3 is 9.73 Å². The highest BCUT2D eigenvalue weighted by atomic mass is 32.2. The Morgan fingerprint density at radius 1 is 1.00 bits per heavy atom. The summed E-state index contributed by atoms with van der Waals surface area (Å²) < 4.78 is 33.2. The van der Waals surface area contributed by atoms with E-state index in [2.05, 4.69) is 25.2 Å². The molecule has 1 heterocycles. The van der Waals surface area contributed by atoms with E-state index in [9.17, 15) is 13.2 Å². The number of rotatable bonds is 8. The number of amides is 1. The molecular weight excluding hydrogens is 448 g/mol. The van der Waals surface area contributed by atoms with Crippen LogP contribution in [0.3, 0.4) is 0 Å². The van der Waals surface area contributed by atoms with E-state index in [1.54, 1.807) is 49.6 Å². The van der Waals surface area contributed by atoms with Crippen LogP contribution >= 0.6 is 0 Å². The van der Waals surface area contributed by atoms with Crippen molar-refractivity contribution in [3.05, 3.63) is 90.2 Å². The Balaban J connectivity index is 1.48. The molecule has 4 rings (SSSR count). The summed E-state index contributed by atoms with van der Waals surface area (Å²) in [6.45, 7) is 6.35. The van der Waals surface area contributed by atoms with Crippen molar-refractivity contribution in [3.63, 3.8) is 0 Å². The summed E-state index contributed by atoms with van der Waals surface area (Å²) >= 11 is 0. The number of hydrogen-bond acceptors (Lipinski definition) is 4. The highest BCUT2D eigenvalue weighted by Crippen LogP contribution is 2.27. The maximum absolute atomic E-state index is 13.1. The van der Waals surface area contributed by atoms with Crippen LogP contribution < -0.4 is 9.62 Å². The molecule has 1 N–H and O–H groups in total. The average Bonchev–Trinajstić information content (AvgIpc) is 3.22. The smallest absolute Gasteiger partial charge is 0.264 e. The van der Waals surface area contributed by atoms with E-state index in [-0.39, 0.29) is 17.2 Å². The zero-order valence-electron chi connectivity index (χ0n) is 19.5. The largest absolute Gasteiger partial charge is 0.464 e. The Morgan fingerprint density at radius 2 is 1.71 bits per heavy atom. The van der Waals surface area contributed by atoms with Crippen LogP contribution in [0.4, 0.5) is 11.4 Å². The van der Waals surface area contributed by atoms with Gasteiger partial charge in [-0.25, -0.2) is 8.42 Å². The third-order valence-corrected chi connectivity index (χ3v) is 7.67. The standard InChI is InChI=1S/C27H28N2O4S/c1-4-29(23-8-6-5-7-9-23)34(31,32)24-13-11-22(12-14-24)28-27(30)17-21-18-33-26-15-10-20(19(2)3)16-25(21)26/h5-16,18-19H,4,17H2,1-3H3,(H,28,30). The van der Waals surface area contributed by atoms with Crippen molar-refractivity contribution in [1.82, 2.24) is 0 Å². The highest BCUT2D eigenvalue weighted by Gasteiger charge is 2.23. The number of carbonyl (C=O) groups is 1. The van der Waals surface area contributed by atoms with E-state index in [0.717, 1.165) is 16.5 Å². The lowest BCUT2D eigenvalue weighted by molar-refractivity contribution is -0.115. The molecule has 176 valence electrons. The van der Waals surface area contributed by atoms with Crippen LogP contribution in [-0.4, -0.2) is 20.9 Å². The molecule has 0 aliphatic heterocycles. The van der Waals surface area contributed by atoms with Gasteiger partial charge in [-0.15, -0.1) is 0 Å². The fraction of sp³-hybridized carbons (Fsp3) is 0.222. The topological polar surface area (TPSA) is 79.6 Å². The quantitative estimate of drug-likeness (QED) is 0.341. The lowest BCUT2D eigenvalue weighted by Gasteiger charge is -2.23. The van der Waals surface area contributed by atoms with Crippen LogP contribution in [0.25, 0.3) is 11.0 Å². The van der Waals surface area contributed by atoms with Crippen molar-refractivity contribution in [2.75, 3.05) is 16.2 Å². The molecule has 7 heteroatoms. The number of fused-ring (bicyclic) bond motifs is 1. The monoisotopic (exact) mass is 476 g/mol. The van der Waals surface area contributed by atoms with Gasteiger partial charge in [0.25, 0.3) is 10.0 Å². The molecular formula is C27H28N2O4S. The third-order valence-electron chi connectivity index (χ3n) is 5.75. The second-order valence-corrected chi connectivity index (χ2v) is 10.3. The number of sulfonamides is 1. The number of furan rings is 1. The molecule has 0 saturated carbocycles. The lowest BCUT2D eigenvalue weighted by atomic mass is 10.00. The minimum atomic E-state index is -3.72. The highest BCUT2D eigenvalue weighted by molar-refractivity contribution is 7.92. The molecule has 4 aromatic rings. The van der Waals surface area contributed by atoms with Gasteiger partial charge in [-0.05, 0) is 66.9 Å². The molecule has 0 atom stereocenters. The van der Waals surface area contributed by atoms with Crippen molar-refractivity contribution >= 4 is 38.3 Å². The Kier molecular flexibility index (Phi) is 6.75. The summed E-state index contributed by atoms with van der Waals surface area (Å²) in [5.41, 5.74) is 3.89. The van der Waals surface area contributed by atoms with Crippen LogP contribution in [0, 0.1) is 0 Å². The lowest BCUT2D eigenvalue weighted by Crippen LogP contribution is -2.30. The maximum Gasteiger partial charge on any atom is 0.264 e. The van der Waals surface area contributed by atoms with Crippen molar-refractivity contribution in [1.29, 1.82) is 0 Å². The van der Waals surface area contributed by atoms with Gasteiger partial charge in [-0.1, -0.05) is 38.1 Å². The van der Waals surface area contributed by atoms with Crippen LogP contribution in [0.5, 0.6) is 0 Å². The second kappa shape index (κ2) is 9.73. The first kappa shape index (κ1) is 23.6. The van der Waals surface area contributed by atoms with Crippen LogP contribution in [0.2, 0.25) is 0 Å². The van der Waals surface area contributed by atoms with Gasteiger partial charge in [-0.2, -0.15) is 0 Å². The molecule has 34 heavy (non-hydrogen) atoms. The third kappa shape index (κ3) is 4.84. The van der Waals surface area contributed by atoms with Crippen molar-refractivity contribution in [3.8, 4) is 0 Å². The molecule has 0 aliphatic carbocycles. The Bertz CT molecular complexity index is 1390. The van der Waals surface area contributed by atoms with Crippen molar-refractivity contribution in [2.45, 2.75) is 38.0 Å². The summed E-state index contributed by atoms with van der Waals surface area (Å²) in [4.78, 5) is 12.8. The average molecular weight is 477 g/mol. The summed E-state index contributed by atoms with van der Waals surface area (Å²) in [5.74, 6) is 0.175. The molecule has 0 aliphatic rings. The van der Waals surface area contributed by atoms with E-state index in [1.807, 2.05) is 18.2 Å². The van der Waals surface area contributed by atoms with E-state index in [4.69, 9.17) is 4.42 Å². The van der Waals surface area contributed by atoms with Gasteiger partial charge in [0.15, 0.2) is 0 Å². The first-order valence-electron chi connectivity index (χ1n) is 11.3. The van der Waals surface area contributed by atoms with Crippen LogP contribution in [0.1, 0.15) is 37.8 Å². The minimum absolute atomic E-state index is 0.159. The zero-order valence-corrected chi connectivity index (χ0v) is 20.3. The first-order valence-corrected chi connectivity index (χ1v) is 12.7. The first-order chi connectivity index (χ1) is 16.3. The van der Waals surface area contributed by atoms with Crippen LogP contribution in [-0.2, 0) is 21.2 Å². The molecule has 0 saturated heterocycles. The number of carbonyl (C=O) groups excluding carboxylic acids is 1. The number of nitrogens with one attached hydrogen (secondary N) is 1. The summed E-state index contributed by atoms with van der Waals surface area (Å²) in [7, 11) is -3.72. The molecule has 1 amide bonds. The van der Waals surface area contributed by atoms with E-state index < -0.39 is 10.0 Å². The SMILES string of the molecule is CCN(c1ccccc1)S(=O)(=O)c1ccc(NC(=O)Cc2coc3ccc(C(C)C)cc23)cc1. The van der Waals surface area contributed by atoms with Crippen molar-refractivity contribution in [2.24, 2.45) is 0 Å². The van der Waals surface area contributed by atoms with Crippen LogP contribution in [0.15, 0.2) is 88.4 Å². The maximum atomic E-state index is 13.1. The summed E-state index contributed by atoms with van der Waals surface area (Å²) in [5, 5.41) is 3.78. The van der Waals surface area contributed by atoms with Gasteiger partial charge in [0.1, 0.15) is 5.58 Å². The molecule has 0 radical (unpaired) electrons. The van der Waals surface area contributed by atoms with E-state index in [0.29, 0.717) is 23.8 Å². The van der Waals surface area contributed by atoms with Gasteiger partial charge >= 0.3 is 0 Å². The Hall–Kier alpha value is -3.58. The van der Waals surface area contributed by atoms with Gasteiger partial charge in [0.05, 0.1) is 23.3 Å². The fourth-order valence-electron chi connectivity index (χ4n) is 3.90. The molecule has 1 aromatic heterocycles. The van der Waals surface area contributed by atoms with E-state index in [1.165, 1.54) is 22.0 Å². The molecule has 0 bridgehead atoms. The van der Waals surface area contributed by atoms with Gasteiger partial charge in [0, 0.05) is 23.2 Å². The Morgan fingerprint density at radius 3 is 2.35 bits per heavy atom. The summed E-state index contributed by atoms with van der Waals surface area (Å²) in [6, 6.07) is 21.2. The van der Waals surface area contributed by atoms with Gasteiger partial charge in [-0.3, -0.25) is 9.10 Å². The predicted molar refractivity (Wildman–Crippen MR) is 136 cm³/mol. The normalized spacial score (nSPS) is 11.6. The number of anilines is 2. The zero-order chi connectivity index (χ0) is 24.3. The second-order valence-electron chi connectivity index (χ2n) is 8.43.